The van der Waals surface area contributed by atoms with Gasteiger partial charge in [-0.2, -0.15) is 13.2 Å². The molecule has 0 saturated heterocycles. The normalized spacial score (nSPS) is 11.8. The van der Waals surface area contributed by atoms with Gasteiger partial charge in [0.1, 0.15) is 5.82 Å². The minimum atomic E-state index is -4.63. The van der Waals surface area contributed by atoms with Crippen LogP contribution in [0.5, 0.6) is 0 Å². The van der Waals surface area contributed by atoms with Crippen molar-refractivity contribution < 1.29 is 31.4 Å². The number of aliphatic hydroxyl groups excluding tert-OH is 1. The highest BCUT2D eigenvalue weighted by atomic mass is 19.4. The average Bonchev–Trinajstić information content (AvgIpc) is 2.41. The molecule has 2 aromatic carbocycles. The first-order valence-corrected chi connectivity index (χ1v) is 5.70. The molecule has 0 aliphatic heterocycles. The van der Waals surface area contributed by atoms with E-state index in [0.29, 0.717) is 24.3 Å². The molecule has 0 bridgehead atoms. The molecule has 0 heterocycles. The van der Waals surface area contributed by atoms with Crippen LogP contribution in [0.2, 0.25) is 0 Å². The van der Waals surface area contributed by atoms with Crippen LogP contribution in [0.1, 0.15) is 11.1 Å². The fourth-order valence-electron chi connectivity index (χ4n) is 1.89. The number of halogens is 6. The van der Waals surface area contributed by atoms with Gasteiger partial charge in [0.15, 0.2) is 11.6 Å². The van der Waals surface area contributed by atoms with E-state index in [1.54, 1.807) is 0 Å². The molecule has 0 radical (unpaired) electrons. The Morgan fingerprint density at radius 1 is 0.810 bits per heavy atom. The Hall–Kier alpha value is -2.02. The lowest BCUT2D eigenvalue weighted by molar-refractivity contribution is -0.137. The Morgan fingerprint density at radius 3 is 2.00 bits per heavy atom. The molecule has 0 aliphatic rings. The second kappa shape index (κ2) is 5.40. The van der Waals surface area contributed by atoms with Crippen molar-refractivity contribution in [1.82, 2.24) is 0 Å². The van der Waals surface area contributed by atoms with Crippen molar-refractivity contribution in [2.45, 2.75) is 12.8 Å². The lowest BCUT2D eigenvalue weighted by Gasteiger charge is -2.13. The summed E-state index contributed by atoms with van der Waals surface area (Å²) < 4.78 is 77.4. The van der Waals surface area contributed by atoms with Crippen LogP contribution in [-0.2, 0) is 12.8 Å². The third kappa shape index (κ3) is 3.02. The van der Waals surface area contributed by atoms with E-state index in [9.17, 15) is 26.3 Å². The third-order valence-electron chi connectivity index (χ3n) is 2.90. The molecule has 0 unspecified atom stereocenters. The zero-order valence-corrected chi connectivity index (χ0v) is 10.3. The summed E-state index contributed by atoms with van der Waals surface area (Å²) in [6.07, 6.45) is -4.63. The SMILES string of the molecule is OCc1cc(C(F)(F)F)ccc1-c1cc(F)c(F)cc1F. The van der Waals surface area contributed by atoms with Crippen LogP contribution in [0, 0.1) is 17.5 Å². The van der Waals surface area contributed by atoms with E-state index >= 15 is 0 Å². The van der Waals surface area contributed by atoms with Gasteiger partial charge in [-0.15, -0.1) is 0 Å². The smallest absolute Gasteiger partial charge is 0.392 e. The Morgan fingerprint density at radius 2 is 1.43 bits per heavy atom. The molecule has 0 atom stereocenters. The number of benzene rings is 2. The van der Waals surface area contributed by atoms with Gasteiger partial charge in [-0.05, 0) is 29.3 Å². The van der Waals surface area contributed by atoms with Crippen molar-refractivity contribution in [2.75, 3.05) is 0 Å². The summed E-state index contributed by atoms with van der Waals surface area (Å²) in [5.74, 6) is -3.88. The summed E-state index contributed by atoms with van der Waals surface area (Å²) in [6.45, 7) is -0.808. The van der Waals surface area contributed by atoms with Crippen LogP contribution in [-0.4, -0.2) is 5.11 Å². The maximum atomic E-state index is 13.7. The summed E-state index contributed by atoms with van der Waals surface area (Å²) in [7, 11) is 0. The second-order valence-corrected chi connectivity index (χ2v) is 4.27. The quantitative estimate of drug-likeness (QED) is 0.648. The first kappa shape index (κ1) is 15.4. The average molecular weight is 306 g/mol. The van der Waals surface area contributed by atoms with Crippen molar-refractivity contribution in [3.63, 3.8) is 0 Å². The minimum absolute atomic E-state index is 0.137. The van der Waals surface area contributed by atoms with Crippen LogP contribution >= 0.6 is 0 Å². The van der Waals surface area contributed by atoms with Gasteiger partial charge in [-0.25, -0.2) is 13.2 Å². The zero-order chi connectivity index (χ0) is 15.8. The largest absolute Gasteiger partial charge is 0.416 e. The molecule has 0 aromatic heterocycles. The molecule has 112 valence electrons. The minimum Gasteiger partial charge on any atom is -0.392 e. The zero-order valence-electron chi connectivity index (χ0n) is 10.3. The van der Waals surface area contributed by atoms with Crippen LogP contribution in [0.4, 0.5) is 26.3 Å². The first-order chi connectivity index (χ1) is 9.74. The second-order valence-electron chi connectivity index (χ2n) is 4.27. The van der Waals surface area contributed by atoms with E-state index in [1.165, 1.54) is 0 Å². The molecule has 0 amide bonds. The maximum absolute atomic E-state index is 13.7. The molecule has 2 aromatic rings. The number of hydrogen-bond acceptors (Lipinski definition) is 1. The van der Waals surface area contributed by atoms with Crippen LogP contribution < -0.4 is 0 Å². The Kier molecular flexibility index (Phi) is 3.95. The third-order valence-corrected chi connectivity index (χ3v) is 2.90. The molecule has 1 N–H and O–H groups in total. The van der Waals surface area contributed by atoms with Gasteiger partial charge in [0, 0.05) is 11.6 Å². The van der Waals surface area contributed by atoms with Crippen molar-refractivity contribution in [2.24, 2.45) is 0 Å². The van der Waals surface area contributed by atoms with Crippen LogP contribution in [0.3, 0.4) is 0 Å². The van der Waals surface area contributed by atoms with Crippen molar-refractivity contribution in [3.05, 3.63) is 58.9 Å². The lowest BCUT2D eigenvalue weighted by Crippen LogP contribution is -2.06. The van der Waals surface area contributed by atoms with Gasteiger partial charge in [0.05, 0.1) is 12.2 Å². The predicted octanol–water partition coefficient (Wildman–Crippen LogP) is 4.28. The van der Waals surface area contributed by atoms with Crippen LogP contribution in [0.15, 0.2) is 30.3 Å². The standard InChI is InChI=1S/C14H8F6O/c15-11-5-13(17)12(16)4-10(11)9-2-1-8(14(18,19)20)3-7(9)6-21/h1-5,21H,6H2. The van der Waals surface area contributed by atoms with Crippen molar-refractivity contribution in [3.8, 4) is 11.1 Å². The first-order valence-electron chi connectivity index (χ1n) is 5.70. The van der Waals surface area contributed by atoms with Crippen molar-refractivity contribution in [1.29, 1.82) is 0 Å². The molecule has 21 heavy (non-hydrogen) atoms. The van der Waals surface area contributed by atoms with E-state index in [4.69, 9.17) is 5.11 Å². The topological polar surface area (TPSA) is 20.2 Å². The fraction of sp³-hybridized carbons (Fsp3) is 0.143. The van der Waals surface area contributed by atoms with Crippen LogP contribution in [0.25, 0.3) is 11.1 Å². The van der Waals surface area contributed by atoms with E-state index in [-0.39, 0.29) is 11.1 Å². The summed E-state index contributed by atoms with van der Waals surface area (Å²) in [4.78, 5) is 0. The Balaban J connectivity index is 2.62. The Bertz CT molecular complexity index is 678. The molecule has 0 saturated carbocycles. The predicted molar refractivity (Wildman–Crippen MR) is 62.7 cm³/mol. The van der Waals surface area contributed by atoms with Gasteiger partial charge in [-0.3, -0.25) is 0 Å². The molecule has 1 nitrogen and oxygen atoms in total. The molecule has 0 aliphatic carbocycles. The van der Waals surface area contributed by atoms with E-state index in [2.05, 4.69) is 0 Å². The van der Waals surface area contributed by atoms with Gasteiger partial charge in [0.25, 0.3) is 0 Å². The summed E-state index contributed by atoms with van der Waals surface area (Å²) >= 11 is 0. The van der Waals surface area contributed by atoms with Crippen molar-refractivity contribution >= 4 is 0 Å². The highest BCUT2D eigenvalue weighted by Gasteiger charge is 2.31. The number of rotatable bonds is 2. The molecule has 7 heteroatoms. The van der Waals surface area contributed by atoms with Gasteiger partial charge in [-0.1, -0.05) is 6.07 Å². The molecule has 2 rings (SSSR count). The molecule has 0 spiro atoms. The summed E-state index contributed by atoms with van der Waals surface area (Å²) in [6, 6.07) is 3.05. The fourth-order valence-corrected chi connectivity index (χ4v) is 1.89. The monoisotopic (exact) mass is 306 g/mol. The van der Waals surface area contributed by atoms with E-state index in [1.807, 2.05) is 0 Å². The lowest BCUT2D eigenvalue weighted by atomic mass is 9.97. The van der Waals surface area contributed by atoms with E-state index in [0.717, 1.165) is 6.07 Å². The van der Waals surface area contributed by atoms with Gasteiger partial charge in [0.2, 0.25) is 0 Å². The maximum Gasteiger partial charge on any atom is 0.416 e. The van der Waals surface area contributed by atoms with Gasteiger partial charge >= 0.3 is 6.18 Å². The molecular formula is C14H8F6O. The molecule has 0 fully saturated rings. The summed E-state index contributed by atoms with van der Waals surface area (Å²) in [5, 5.41) is 9.13. The Labute approximate surface area is 115 Å². The number of aliphatic hydroxyl groups is 1. The highest BCUT2D eigenvalue weighted by Crippen LogP contribution is 2.34. The number of hydrogen-bond donors (Lipinski definition) is 1. The highest BCUT2D eigenvalue weighted by molar-refractivity contribution is 5.68. The molecular weight excluding hydrogens is 298 g/mol. The van der Waals surface area contributed by atoms with E-state index < -0.39 is 41.4 Å². The summed E-state index contributed by atoms with van der Waals surface area (Å²) in [5.41, 5.74) is -1.83. The van der Waals surface area contributed by atoms with Gasteiger partial charge < -0.3 is 5.11 Å². The number of alkyl halides is 3.